The SMILES string of the molecule is Cc1nc(Cl)c2c(n1)N(Cc1ccccc1)C(=O)CO2. The van der Waals surface area contributed by atoms with Gasteiger partial charge in [0.25, 0.3) is 5.91 Å². The van der Waals surface area contributed by atoms with Crippen LogP contribution < -0.4 is 9.64 Å². The molecule has 2 heterocycles. The number of rotatable bonds is 2. The van der Waals surface area contributed by atoms with Crippen LogP contribution in [0.15, 0.2) is 30.3 Å². The Morgan fingerprint density at radius 3 is 2.80 bits per heavy atom. The van der Waals surface area contributed by atoms with E-state index in [-0.39, 0.29) is 17.7 Å². The summed E-state index contributed by atoms with van der Waals surface area (Å²) in [6.07, 6.45) is 0. The smallest absolute Gasteiger partial charge is 0.266 e. The molecule has 6 heteroatoms. The van der Waals surface area contributed by atoms with Crippen molar-refractivity contribution in [3.63, 3.8) is 0 Å². The fourth-order valence-electron chi connectivity index (χ4n) is 2.08. The number of nitrogens with zero attached hydrogens (tertiary/aromatic N) is 3. The molecule has 0 radical (unpaired) electrons. The second-order valence-electron chi connectivity index (χ2n) is 4.47. The van der Waals surface area contributed by atoms with Crippen molar-refractivity contribution in [2.45, 2.75) is 13.5 Å². The zero-order valence-electron chi connectivity index (χ0n) is 10.8. The van der Waals surface area contributed by atoms with Crippen LogP contribution in [-0.4, -0.2) is 22.5 Å². The van der Waals surface area contributed by atoms with Gasteiger partial charge in [-0.25, -0.2) is 9.97 Å². The molecule has 3 rings (SSSR count). The van der Waals surface area contributed by atoms with Gasteiger partial charge in [0.1, 0.15) is 5.82 Å². The highest BCUT2D eigenvalue weighted by Crippen LogP contribution is 2.36. The number of halogens is 1. The molecule has 102 valence electrons. The van der Waals surface area contributed by atoms with Crippen LogP contribution in [-0.2, 0) is 11.3 Å². The zero-order chi connectivity index (χ0) is 14.1. The molecule has 1 aromatic heterocycles. The van der Waals surface area contributed by atoms with E-state index in [0.717, 1.165) is 5.56 Å². The van der Waals surface area contributed by atoms with Crippen molar-refractivity contribution in [1.82, 2.24) is 9.97 Å². The fourth-order valence-corrected chi connectivity index (χ4v) is 2.34. The monoisotopic (exact) mass is 289 g/mol. The third kappa shape index (κ3) is 2.32. The lowest BCUT2D eigenvalue weighted by Gasteiger charge is -2.28. The van der Waals surface area contributed by atoms with E-state index in [0.29, 0.717) is 23.9 Å². The van der Waals surface area contributed by atoms with E-state index in [9.17, 15) is 4.79 Å². The normalized spacial score (nSPS) is 13.9. The maximum atomic E-state index is 12.1. The first-order valence-electron chi connectivity index (χ1n) is 6.16. The average molecular weight is 290 g/mol. The molecule has 1 aliphatic rings. The number of aryl methyl sites for hydroxylation is 1. The topological polar surface area (TPSA) is 55.3 Å². The Kier molecular flexibility index (Phi) is 3.28. The Hall–Kier alpha value is -2.14. The quantitative estimate of drug-likeness (QED) is 0.797. The van der Waals surface area contributed by atoms with E-state index >= 15 is 0 Å². The number of carbonyl (C=O) groups is 1. The number of carbonyl (C=O) groups excluding carboxylic acids is 1. The predicted octanol–water partition coefficient (Wildman–Crippen LogP) is 2.36. The minimum Gasteiger partial charge on any atom is -0.477 e. The maximum Gasteiger partial charge on any atom is 0.266 e. The average Bonchev–Trinajstić information content (AvgIpc) is 2.43. The molecule has 1 aromatic carbocycles. The Labute approximate surface area is 121 Å². The van der Waals surface area contributed by atoms with Gasteiger partial charge in [-0.2, -0.15) is 0 Å². The number of anilines is 1. The molecular weight excluding hydrogens is 278 g/mol. The molecule has 1 aliphatic heterocycles. The minimum atomic E-state index is -0.143. The van der Waals surface area contributed by atoms with Crippen LogP contribution in [0.3, 0.4) is 0 Å². The third-order valence-corrected chi connectivity index (χ3v) is 3.25. The first kappa shape index (κ1) is 12.9. The van der Waals surface area contributed by atoms with Crippen molar-refractivity contribution in [1.29, 1.82) is 0 Å². The van der Waals surface area contributed by atoms with Gasteiger partial charge < -0.3 is 4.74 Å². The number of amides is 1. The highest BCUT2D eigenvalue weighted by Gasteiger charge is 2.29. The van der Waals surface area contributed by atoms with E-state index in [1.807, 2.05) is 30.3 Å². The molecule has 0 saturated carbocycles. The van der Waals surface area contributed by atoms with Crippen molar-refractivity contribution < 1.29 is 9.53 Å². The summed E-state index contributed by atoms with van der Waals surface area (Å²) < 4.78 is 5.34. The van der Waals surface area contributed by atoms with Crippen LogP contribution in [0.5, 0.6) is 5.75 Å². The number of hydrogen-bond donors (Lipinski definition) is 0. The molecule has 0 N–H and O–H groups in total. The van der Waals surface area contributed by atoms with Crippen LogP contribution >= 0.6 is 11.6 Å². The molecule has 1 amide bonds. The first-order chi connectivity index (χ1) is 9.65. The van der Waals surface area contributed by atoms with Gasteiger partial charge in [-0.3, -0.25) is 9.69 Å². The highest BCUT2D eigenvalue weighted by atomic mass is 35.5. The molecule has 0 bridgehead atoms. The first-order valence-corrected chi connectivity index (χ1v) is 6.54. The Morgan fingerprint density at radius 1 is 1.30 bits per heavy atom. The predicted molar refractivity (Wildman–Crippen MR) is 74.9 cm³/mol. The van der Waals surface area contributed by atoms with E-state index in [2.05, 4.69) is 9.97 Å². The molecule has 5 nitrogen and oxygen atoms in total. The van der Waals surface area contributed by atoms with Crippen LogP contribution in [0.25, 0.3) is 0 Å². The summed E-state index contributed by atoms with van der Waals surface area (Å²) in [4.78, 5) is 22.0. The van der Waals surface area contributed by atoms with Crippen LogP contribution in [0.1, 0.15) is 11.4 Å². The van der Waals surface area contributed by atoms with Gasteiger partial charge >= 0.3 is 0 Å². The highest BCUT2D eigenvalue weighted by molar-refractivity contribution is 6.31. The lowest BCUT2D eigenvalue weighted by Crippen LogP contribution is -2.39. The molecular formula is C14H12ClN3O2. The number of benzene rings is 1. The Balaban J connectivity index is 2.02. The van der Waals surface area contributed by atoms with E-state index in [1.54, 1.807) is 11.8 Å². The van der Waals surface area contributed by atoms with Crippen LogP contribution in [0.4, 0.5) is 5.82 Å². The van der Waals surface area contributed by atoms with Crippen molar-refractivity contribution in [3.05, 3.63) is 46.9 Å². The van der Waals surface area contributed by atoms with Crippen molar-refractivity contribution in [3.8, 4) is 5.75 Å². The van der Waals surface area contributed by atoms with Crippen LogP contribution in [0.2, 0.25) is 5.15 Å². The van der Waals surface area contributed by atoms with Gasteiger partial charge in [0.05, 0.1) is 6.54 Å². The molecule has 0 saturated heterocycles. The number of hydrogen-bond acceptors (Lipinski definition) is 4. The molecule has 0 atom stereocenters. The van der Waals surface area contributed by atoms with E-state index < -0.39 is 0 Å². The Morgan fingerprint density at radius 2 is 2.05 bits per heavy atom. The summed E-state index contributed by atoms with van der Waals surface area (Å²) >= 11 is 6.05. The lowest BCUT2D eigenvalue weighted by molar-refractivity contribution is -0.121. The summed E-state index contributed by atoms with van der Waals surface area (Å²) in [5.41, 5.74) is 1.01. The summed E-state index contributed by atoms with van der Waals surface area (Å²) in [5, 5.41) is 0.234. The molecule has 0 spiro atoms. The summed E-state index contributed by atoms with van der Waals surface area (Å²) in [6.45, 7) is 2.11. The lowest BCUT2D eigenvalue weighted by atomic mass is 10.2. The van der Waals surface area contributed by atoms with Crippen LogP contribution in [0, 0.1) is 6.92 Å². The fraction of sp³-hybridized carbons (Fsp3) is 0.214. The molecule has 0 aliphatic carbocycles. The minimum absolute atomic E-state index is 0.0496. The zero-order valence-corrected chi connectivity index (χ0v) is 11.6. The van der Waals surface area contributed by atoms with Gasteiger partial charge in [-0.15, -0.1) is 0 Å². The van der Waals surface area contributed by atoms with Gasteiger partial charge in [-0.1, -0.05) is 41.9 Å². The van der Waals surface area contributed by atoms with E-state index in [1.165, 1.54) is 0 Å². The molecule has 0 fully saturated rings. The van der Waals surface area contributed by atoms with Gasteiger partial charge in [-0.05, 0) is 12.5 Å². The number of aromatic nitrogens is 2. The standard InChI is InChI=1S/C14H12ClN3O2/c1-9-16-13(15)12-14(17-9)18(11(19)8-20-12)7-10-5-3-2-4-6-10/h2-6H,7-8H2,1H3. The van der Waals surface area contributed by atoms with Crippen molar-refractivity contribution >= 4 is 23.3 Å². The summed E-state index contributed by atoms with van der Waals surface area (Å²) in [5.74, 6) is 1.16. The van der Waals surface area contributed by atoms with Crippen molar-refractivity contribution in [2.24, 2.45) is 0 Å². The summed E-state index contributed by atoms with van der Waals surface area (Å²) in [6, 6.07) is 9.71. The summed E-state index contributed by atoms with van der Waals surface area (Å²) in [7, 11) is 0. The van der Waals surface area contributed by atoms with Crippen molar-refractivity contribution in [2.75, 3.05) is 11.5 Å². The number of ether oxygens (including phenoxy) is 1. The molecule has 0 unspecified atom stereocenters. The largest absolute Gasteiger partial charge is 0.477 e. The van der Waals surface area contributed by atoms with Gasteiger partial charge in [0, 0.05) is 0 Å². The second-order valence-corrected chi connectivity index (χ2v) is 4.83. The van der Waals surface area contributed by atoms with E-state index in [4.69, 9.17) is 16.3 Å². The maximum absolute atomic E-state index is 12.1. The van der Waals surface area contributed by atoms with Gasteiger partial charge in [0.2, 0.25) is 0 Å². The second kappa shape index (κ2) is 5.09. The molecule has 20 heavy (non-hydrogen) atoms. The van der Waals surface area contributed by atoms with Gasteiger partial charge in [0.15, 0.2) is 23.3 Å². The molecule has 2 aromatic rings. The Bertz CT molecular complexity index is 661. The number of fused-ring (bicyclic) bond motifs is 1. The third-order valence-electron chi connectivity index (χ3n) is 3.00.